The normalized spacial score (nSPS) is 56.0. The van der Waals surface area contributed by atoms with Crippen molar-refractivity contribution in [1.29, 1.82) is 0 Å². The molecule has 4 aliphatic carbocycles. The first-order valence-corrected chi connectivity index (χ1v) is 25.8. The third kappa shape index (κ3) is 5.94. The second-order valence-corrected chi connectivity index (χ2v) is 24.9. The predicted molar refractivity (Wildman–Crippen MR) is 225 cm³/mol. The third-order valence-electron chi connectivity index (χ3n) is 21.5. The summed E-state index contributed by atoms with van der Waals surface area (Å²) >= 11 is 0. The van der Waals surface area contributed by atoms with E-state index in [2.05, 4.69) is 6.92 Å². The molecule has 0 radical (unpaired) electrons. The molecule has 30 unspecified atom stereocenters. The molecule has 0 amide bonds. The number of aliphatic hydroxyl groups excluding tert-OH is 1. The van der Waals surface area contributed by atoms with Crippen molar-refractivity contribution in [3.63, 3.8) is 0 Å². The van der Waals surface area contributed by atoms with Crippen molar-refractivity contribution in [2.75, 3.05) is 13.2 Å². The van der Waals surface area contributed by atoms with Gasteiger partial charge in [-0.25, -0.2) is 0 Å². The van der Waals surface area contributed by atoms with Crippen LogP contribution in [-0.2, 0) is 61.9 Å². The van der Waals surface area contributed by atoms with E-state index in [1.807, 2.05) is 20.8 Å². The van der Waals surface area contributed by atoms with Gasteiger partial charge in [0.15, 0.2) is 0 Å². The van der Waals surface area contributed by atoms with Gasteiger partial charge in [0, 0.05) is 11.8 Å². The Morgan fingerprint density at radius 2 is 1.16 bits per heavy atom. The zero-order chi connectivity index (χ0) is 46.6. The minimum absolute atomic E-state index is 0.0101. The highest BCUT2D eigenvalue weighted by atomic mass is 16.6. The minimum atomic E-state index is -1.09. The number of carbonyl (C=O) groups excluding carboxylic acids is 4. The van der Waals surface area contributed by atoms with Gasteiger partial charge in [0.25, 0.3) is 0 Å². The summed E-state index contributed by atoms with van der Waals surface area (Å²) in [7, 11) is 0. The van der Waals surface area contributed by atoms with Gasteiger partial charge in [-0.15, -0.1) is 0 Å². The molecule has 9 saturated heterocycles. The van der Waals surface area contributed by atoms with Gasteiger partial charge in [-0.3, -0.25) is 28.8 Å². The number of aliphatic carboxylic acids is 2. The van der Waals surface area contributed by atoms with Crippen LogP contribution in [0.15, 0.2) is 0 Å². The number of fused-ring (bicyclic) bond motifs is 27. The van der Waals surface area contributed by atoms with Crippen LogP contribution >= 0.6 is 0 Å². The lowest BCUT2D eigenvalue weighted by Gasteiger charge is -2.47. The Morgan fingerprint density at radius 3 is 1.76 bits per heavy atom. The SMILES string of the molecule is CC1C(=O)OC(=O)C1CC1C(CC2C(CC3C(C)C4OC3C3C5CC(CC5C(=O)OC(C)(C)C)C43)C3OC2C2C4OC(CC4C(=O)OCCO)C32)C2OC1C1C3CC(C(C(=O)O)C3C(=O)O)C21. The summed E-state index contributed by atoms with van der Waals surface area (Å²) in [6, 6.07) is 0. The molecular weight excluding hydrogens is 869 g/mol. The van der Waals surface area contributed by atoms with Crippen LogP contribution in [0.1, 0.15) is 79.6 Å². The summed E-state index contributed by atoms with van der Waals surface area (Å²) in [5.41, 5.74) is -0.561. The van der Waals surface area contributed by atoms with Crippen molar-refractivity contribution in [1.82, 2.24) is 0 Å². The highest BCUT2D eigenvalue weighted by molar-refractivity contribution is 5.96. The number of esters is 4. The topological polar surface area (TPSA) is 228 Å². The van der Waals surface area contributed by atoms with Crippen LogP contribution < -0.4 is 0 Å². The van der Waals surface area contributed by atoms with Crippen molar-refractivity contribution in [3.05, 3.63) is 0 Å². The summed E-state index contributed by atoms with van der Waals surface area (Å²) in [6.07, 6.45) is 3.26. The summed E-state index contributed by atoms with van der Waals surface area (Å²) in [5.74, 6) is -6.95. The fourth-order valence-electron chi connectivity index (χ4n) is 19.7. The Morgan fingerprint density at radius 1 is 0.597 bits per heavy atom. The quantitative estimate of drug-likeness (QED) is 0.144. The van der Waals surface area contributed by atoms with Crippen molar-refractivity contribution >= 4 is 35.8 Å². The van der Waals surface area contributed by atoms with Gasteiger partial charge in [-0.05, 0) is 149 Å². The van der Waals surface area contributed by atoms with Crippen LogP contribution in [0.5, 0.6) is 0 Å². The first-order chi connectivity index (χ1) is 31.9. The summed E-state index contributed by atoms with van der Waals surface area (Å²) in [5, 5.41) is 30.4. The van der Waals surface area contributed by atoms with Crippen LogP contribution in [0, 0.1) is 130 Å². The van der Waals surface area contributed by atoms with Gasteiger partial charge in [-0.2, -0.15) is 0 Å². The first-order valence-electron chi connectivity index (χ1n) is 25.8. The molecule has 3 N–H and O–H groups in total. The Balaban J connectivity index is 0.836. The first kappa shape index (κ1) is 43.8. The molecular formula is C51H66O16. The maximum absolute atomic E-state index is 13.7. The molecule has 13 fully saturated rings. The molecule has 9 aliphatic heterocycles. The smallest absolute Gasteiger partial charge is 0.317 e. The zero-order valence-corrected chi connectivity index (χ0v) is 38.8. The van der Waals surface area contributed by atoms with Crippen LogP contribution in [0.3, 0.4) is 0 Å². The molecule has 0 aromatic carbocycles. The van der Waals surface area contributed by atoms with Gasteiger partial charge in [-0.1, -0.05) is 13.8 Å². The number of aliphatic hydroxyl groups is 1. The average molecular weight is 935 g/mol. The highest BCUT2D eigenvalue weighted by Gasteiger charge is 2.77. The number of carboxylic acids is 2. The van der Waals surface area contributed by atoms with Crippen molar-refractivity contribution in [2.45, 2.75) is 134 Å². The van der Waals surface area contributed by atoms with E-state index in [1.54, 1.807) is 6.92 Å². The second-order valence-electron chi connectivity index (χ2n) is 24.9. The summed E-state index contributed by atoms with van der Waals surface area (Å²) < 4.78 is 44.7. The molecule has 16 heteroatoms. The number of hydrogen-bond donors (Lipinski definition) is 3. The monoisotopic (exact) mass is 934 g/mol. The van der Waals surface area contributed by atoms with Crippen LogP contribution in [0.2, 0.25) is 0 Å². The molecule has 0 aromatic rings. The second kappa shape index (κ2) is 14.9. The molecule has 12 bridgehead atoms. The van der Waals surface area contributed by atoms with E-state index >= 15 is 0 Å². The Kier molecular flexibility index (Phi) is 9.76. The number of carbonyl (C=O) groups is 6. The summed E-state index contributed by atoms with van der Waals surface area (Å²) in [4.78, 5) is 78.9. The molecule has 366 valence electrons. The molecule has 4 saturated carbocycles. The molecule has 0 aromatic heterocycles. The molecule has 67 heavy (non-hydrogen) atoms. The molecule has 13 rings (SSSR count). The lowest BCUT2D eigenvalue weighted by Crippen LogP contribution is -2.53. The van der Waals surface area contributed by atoms with Crippen LogP contribution in [0.4, 0.5) is 0 Å². The molecule has 30 atom stereocenters. The van der Waals surface area contributed by atoms with E-state index in [0.717, 1.165) is 19.3 Å². The number of cyclic esters (lactones) is 2. The maximum atomic E-state index is 13.7. The van der Waals surface area contributed by atoms with Gasteiger partial charge in [0.1, 0.15) is 12.2 Å². The van der Waals surface area contributed by atoms with E-state index in [-0.39, 0.29) is 145 Å². The Hall–Kier alpha value is -3.18. The average Bonchev–Trinajstić information content (AvgIpc) is 4.10. The number of ether oxygens (including phenoxy) is 7. The number of hydrogen-bond acceptors (Lipinski definition) is 14. The lowest BCUT2D eigenvalue weighted by atomic mass is 9.53. The van der Waals surface area contributed by atoms with E-state index in [1.165, 1.54) is 0 Å². The van der Waals surface area contributed by atoms with Crippen LogP contribution in [-0.4, -0.2) is 119 Å². The van der Waals surface area contributed by atoms with E-state index < -0.39 is 71.3 Å². The fourth-order valence-corrected chi connectivity index (χ4v) is 19.7. The predicted octanol–water partition coefficient (Wildman–Crippen LogP) is 3.62. The van der Waals surface area contributed by atoms with Gasteiger partial charge < -0.3 is 48.5 Å². The number of carboxylic acid groups (broad SMARTS) is 2. The largest absolute Gasteiger partial charge is 0.481 e. The van der Waals surface area contributed by atoms with Crippen molar-refractivity contribution in [3.8, 4) is 0 Å². The molecule has 13 aliphatic rings. The Labute approximate surface area is 389 Å². The van der Waals surface area contributed by atoms with Gasteiger partial charge in [0.05, 0.1) is 90.9 Å². The standard InChI is InChI=1S/C51H66O16/c1-15-18(39-31-20-8-17(30(31)38(15)63-39)9-25(20)50(60)67-51(3,4)5)10-21-24(43-37-36(42(21)65-43)29-14-28(44(37)62-29)48(58)61-7-6-52)12-23-22(11-19-16(2)47(57)66-49(19)59)40-32-26-13-27(33(32)41(23)64-40)35(46(55)56)34(26)45(53)54/h15-44,52H,6-14H2,1-5H3,(H,53,54)(H,55,56). The van der Waals surface area contributed by atoms with E-state index in [9.17, 15) is 44.1 Å². The van der Waals surface area contributed by atoms with E-state index in [0.29, 0.717) is 43.4 Å². The highest BCUT2D eigenvalue weighted by Crippen LogP contribution is 2.73. The maximum Gasteiger partial charge on any atom is 0.317 e. The van der Waals surface area contributed by atoms with E-state index in [4.69, 9.17) is 33.2 Å². The lowest BCUT2D eigenvalue weighted by molar-refractivity contribution is -0.163. The van der Waals surface area contributed by atoms with Crippen molar-refractivity contribution in [2.24, 2.45) is 130 Å². The fraction of sp³-hybridized carbons (Fsp3) is 0.882. The van der Waals surface area contributed by atoms with Gasteiger partial charge >= 0.3 is 35.8 Å². The zero-order valence-electron chi connectivity index (χ0n) is 38.8. The van der Waals surface area contributed by atoms with Crippen LogP contribution in [0.25, 0.3) is 0 Å². The summed E-state index contributed by atoms with van der Waals surface area (Å²) in [6.45, 7) is 9.51. The van der Waals surface area contributed by atoms with Crippen molar-refractivity contribution < 1.29 is 77.2 Å². The minimum Gasteiger partial charge on any atom is -0.481 e. The molecule has 16 nitrogen and oxygen atoms in total. The Bertz CT molecular complexity index is 2150. The molecule has 9 heterocycles. The third-order valence-corrected chi connectivity index (χ3v) is 21.5. The number of rotatable bonds is 12. The molecule has 0 spiro atoms. The van der Waals surface area contributed by atoms with Gasteiger partial charge in [0.2, 0.25) is 0 Å².